The average Bonchev–Trinajstić information content (AvgIpc) is 3.59. The molecule has 34 heavy (non-hydrogen) atoms. The summed E-state index contributed by atoms with van der Waals surface area (Å²) in [7, 11) is -0.604. The molecule has 2 bridgehead atoms. The van der Waals surface area contributed by atoms with Gasteiger partial charge in [-0.3, -0.25) is 0 Å². The highest BCUT2D eigenvalue weighted by Crippen LogP contribution is 2.48. The van der Waals surface area contributed by atoms with Crippen molar-refractivity contribution in [3.63, 3.8) is 0 Å². The van der Waals surface area contributed by atoms with E-state index >= 15 is 0 Å². The molecule has 0 atom stereocenters. The van der Waals surface area contributed by atoms with Gasteiger partial charge in [0.2, 0.25) is 0 Å². The highest BCUT2D eigenvalue weighted by atomic mass is 32.1. The van der Waals surface area contributed by atoms with Crippen LogP contribution in [0.25, 0.3) is 33.1 Å². The minimum absolute atomic E-state index is 0.604. The normalized spacial score (nSPS) is 16.5. The van der Waals surface area contributed by atoms with E-state index in [4.69, 9.17) is 14.3 Å². The summed E-state index contributed by atoms with van der Waals surface area (Å²) in [4.78, 5) is 7.33. The molecule has 0 fully saturated rings. The van der Waals surface area contributed by atoms with Gasteiger partial charge in [-0.1, -0.05) is 35.4 Å². The molecule has 0 unspecified atom stereocenters. The summed E-state index contributed by atoms with van der Waals surface area (Å²) in [6.45, 7) is 4.27. The number of hydrogen-bond donors (Lipinski definition) is 0. The number of aryl methyl sites for hydroxylation is 2. The predicted octanol–water partition coefficient (Wildman–Crippen LogP) is 7.02. The molecule has 3 aliphatic heterocycles. The quantitative estimate of drug-likeness (QED) is 0.225. The Labute approximate surface area is 204 Å². The topological polar surface area (TPSA) is 35.8 Å². The van der Waals surface area contributed by atoms with Crippen molar-refractivity contribution in [1.29, 1.82) is 0 Å². The van der Waals surface area contributed by atoms with Crippen LogP contribution in [0.5, 0.6) is 11.5 Å². The lowest BCUT2D eigenvalue weighted by Crippen LogP contribution is -2.41. The summed E-state index contributed by atoms with van der Waals surface area (Å²) in [5.41, 5.74) is 8.92. The van der Waals surface area contributed by atoms with Gasteiger partial charge in [-0.15, -0.1) is 22.7 Å². The second kappa shape index (κ2) is 6.53. The molecule has 0 spiro atoms. The Morgan fingerprint density at radius 2 is 1.53 bits per heavy atom. The molecule has 162 valence electrons. The molecule has 0 aliphatic carbocycles. The van der Waals surface area contributed by atoms with Gasteiger partial charge in [-0.05, 0) is 54.9 Å². The molecule has 8 rings (SSSR count). The van der Waals surface area contributed by atoms with E-state index < -0.39 is 7.25 Å². The third-order valence-corrected chi connectivity index (χ3v) is 8.58. The average molecular weight is 476 g/mol. The molecule has 0 radical (unpaired) electrons. The number of fused-ring (bicyclic) bond motifs is 11. The fraction of sp³-hybridized carbons (Fsp3) is 0.0741. The summed E-state index contributed by atoms with van der Waals surface area (Å²) in [5, 5.41) is 6.54. The Bertz CT molecular complexity index is 1750. The zero-order chi connectivity index (χ0) is 22.6. The van der Waals surface area contributed by atoms with E-state index in [1.807, 2.05) is 12.1 Å². The summed E-state index contributed by atoms with van der Waals surface area (Å²) >= 11 is 3.36. The minimum Gasteiger partial charge on any atom is -0.505 e. The van der Waals surface area contributed by atoms with Gasteiger partial charge in [0.15, 0.2) is 0 Å². The summed E-state index contributed by atoms with van der Waals surface area (Å²) in [5.74, 6) is 1.67. The van der Waals surface area contributed by atoms with Crippen LogP contribution >= 0.6 is 22.7 Å². The molecule has 4 nitrogen and oxygen atoms in total. The third-order valence-electron chi connectivity index (χ3n) is 6.77. The Morgan fingerprint density at radius 1 is 0.794 bits per heavy atom. The Balaban J connectivity index is 1.54. The minimum atomic E-state index is -0.604. The van der Waals surface area contributed by atoms with Gasteiger partial charge in [0.1, 0.15) is 11.5 Å². The fourth-order valence-electron chi connectivity index (χ4n) is 5.26. The molecule has 3 aromatic heterocycles. The maximum absolute atomic E-state index is 6.64. The fourth-order valence-corrected chi connectivity index (χ4v) is 6.96. The van der Waals surface area contributed by atoms with E-state index in [0.717, 1.165) is 55.2 Å². The molecular weight excluding hydrogens is 459 g/mol. The standard InChI is InChI=1S/C27H17BN2O2S2/c1-14-3-5-16-18(11-14)20-13-21-19-12-15(2)4-6-17(19)25-27-23(8-10-34-27)32-28(30(21)25)31-22-7-9-33-26(22)24(16)29-20/h3-13H,1-2H3/b20-13-. The van der Waals surface area contributed by atoms with E-state index in [1.165, 1.54) is 21.9 Å². The third kappa shape index (κ3) is 2.40. The monoisotopic (exact) mass is 476 g/mol. The number of benzene rings is 2. The van der Waals surface area contributed by atoms with Crippen molar-refractivity contribution in [3.8, 4) is 22.1 Å². The second-order valence-corrected chi connectivity index (χ2v) is 10.8. The Kier molecular flexibility index (Phi) is 3.61. The molecule has 2 aromatic carbocycles. The van der Waals surface area contributed by atoms with Crippen LogP contribution in [-0.4, -0.2) is 17.4 Å². The molecule has 0 N–H and O–H groups in total. The van der Waals surface area contributed by atoms with E-state index in [9.17, 15) is 0 Å². The number of aliphatic imine (C=N–C) groups is 1. The molecule has 5 aromatic rings. The van der Waals surface area contributed by atoms with Crippen LogP contribution in [0, 0.1) is 13.8 Å². The molecule has 0 saturated carbocycles. The number of nitrogens with zero attached hydrogens (tertiary/aromatic N) is 2. The smallest absolute Gasteiger partial charge is 0.505 e. The largest absolute Gasteiger partial charge is 0.743 e. The van der Waals surface area contributed by atoms with Gasteiger partial charge < -0.3 is 13.8 Å². The van der Waals surface area contributed by atoms with Crippen LogP contribution in [-0.2, 0) is 0 Å². The Morgan fingerprint density at radius 3 is 2.38 bits per heavy atom. The zero-order valence-electron chi connectivity index (χ0n) is 18.5. The molecule has 6 heterocycles. The molecule has 7 heteroatoms. The van der Waals surface area contributed by atoms with Crippen molar-refractivity contribution in [2.24, 2.45) is 4.99 Å². The van der Waals surface area contributed by atoms with Crippen LogP contribution in [0.3, 0.4) is 0 Å². The van der Waals surface area contributed by atoms with Crippen molar-refractivity contribution < 1.29 is 9.31 Å². The first-order valence-corrected chi connectivity index (χ1v) is 13.0. The van der Waals surface area contributed by atoms with Crippen molar-refractivity contribution >= 4 is 58.2 Å². The van der Waals surface area contributed by atoms with Crippen LogP contribution in [0.4, 0.5) is 0 Å². The lowest BCUT2D eigenvalue weighted by atomic mass is 10.00. The summed E-state index contributed by atoms with van der Waals surface area (Å²) < 4.78 is 15.3. The van der Waals surface area contributed by atoms with Gasteiger partial charge in [0.05, 0.1) is 26.9 Å². The van der Waals surface area contributed by atoms with E-state index in [0.29, 0.717) is 0 Å². The molecule has 0 amide bonds. The molecule has 3 aliphatic rings. The summed E-state index contributed by atoms with van der Waals surface area (Å²) in [6.07, 6.45) is 2.22. The molecule has 0 saturated heterocycles. The SMILES string of the molecule is Cc1ccc2c(c1)/C1=C/c3c4cc(C)ccc4c4n3B(Oc3ccsc3C2=N1)Oc1ccsc1-4. The lowest BCUT2D eigenvalue weighted by molar-refractivity contribution is 0.405. The van der Waals surface area contributed by atoms with Crippen molar-refractivity contribution in [2.45, 2.75) is 13.8 Å². The van der Waals surface area contributed by atoms with Crippen LogP contribution in [0.2, 0.25) is 0 Å². The zero-order valence-corrected chi connectivity index (χ0v) is 20.1. The van der Waals surface area contributed by atoms with Crippen LogP contribution in [0.1, 0.15) is 32.8 Å². The van der Waals surface area contributed by atoms with Crippen molar-refractivity contribution in [1.82, 2.24) is 4.48 Å². The van der Waals surface area contributed by atoms with Gasteiger partial charge in [-0.2, -0.15) is 0 Å². The first kappa shape index (κ1) is 18.8. The molecular formula is C27H17BN2O2S2. The lowest BCUT2D eigenvalue weighted by Gasteiger charge is -2.25. The second-order valence-electron chi connectivity index (χ2n) is 8.96. The number of rotatable bonds is 0. The number of hydrogen-bond acceptors (Lipinski definition) is 5. The van der Waals surface area contributed by atoms with Crippen molar-refractivity contribution in [2.75, 3.05) is 0 Å². The number of thiophene rings is 2. The van der Waals surface area contributed by atoms with Crippen molar-refractivity contribution in [3.05, 3.63) is 92.1 Å². The Hall–Kier alpha value is -3.55. The number of aromatic nitrogens is 1. The first-order chi connectivity index (χ1) is 16.7. The van der Waals surface area contributed by atoms with Crippen LogP contribution in [0.15, 0.2) is 64.3 Å². The van der Waals surface area contributed by atoms with E-state index in [-0.39, 0.29) is 0 Å². The van der Waals surface area contributed by atoms with Gasteiger partial charge in [-0.25, -0.2) is 4.99 Å². The van der Waals surface area contributed by atoms with E-state index in [1.54, 1.807) is 22.7 Å². The van der Waals surface area contributed by atoms with Gasteiger partial charge >= 0.3 is 7.25 Å². The predicted molar refractivity (Wildman–Crippen MR) is 141 cm³/mol. The van der Waals surface area contributed by atoms with Gasteiger partial charge in [0, 0.05) is 27.6 Å². The van der Waals surface area contributed by atoms with Gasteiger partial charge in [0.25, 0.3) is 0 Å². The summed E-state index contributed by atoms with van der Waals surface area (Å²) in [6, 6.07) is 17.3. The maximum atomic E-state index is 6.64. The van der Waals surface area contributed by atoms with Crippen LogP contribution < -0.4 is 9.31 Å². The highest BCUT2D eigenvalue weighted by molar-refractivity contribution is 7.14. The maximum Gasteiger partial charge on any atom is 0.743 e. The van der Waals surface area contributed by atoms with E-state index in [2.05, 4.69) is 71.6 Å². The highest BCUT2D eigenvalue weighted by Gasteiger charge is 2.42. The first-order valence-electron chi connectivity index (χ1n) is 11.2.